The number of carbonyl (C=O) groups excluding carboxylic acids is 1. The summed E-state index contributed by atoms with van der Waals surface area (Å²) in [5.74, 6) is -0.124. The van der Waals surface area contributed by atoms with Crippen molar-refractivity contribution in [1.82, 2.24) is 5.32 Å². The highest BCUT2D eigenvalue weighted by atomic mass is 35.5. The first-order chi connectivity index (χ1) is 11.6. The van der Waals surface area contributed by atoms with Gasteiger partial charge in [-0.25, -0.2) is 0 Å². The van der Waals surface area contributed by atoms with Gasteiger partial charge in [0.2, 0.25) is 0 Å². The summed E-state index contributed by atoms with van der Waals surface area (Å²) in [5.41, 5.74) is 3.87. The van der Waals surface area contributed by atoms with Crippen molar-refractivity contribution in [3.05, 3.63) is 106 Å². The van der Waals surface area contributed by atoms with Gasteiger partial charge in [-0.15, -0.1) is 0 Å². The van der Waals surface area contributed by atoms with Gasteiger partial charge in [0.15, 0.2) is 0 Å². The zero-order chi connectivity index (χ0) is 16.9. The maximum Gasteiger partial charge on any atom is 0.252 e. The van der Waals surface area contributed by atoms with Gasteiger partial charge in [-0.3, -0.25) is 4.79 Å². The van der Waals surface area contributed by atoms with Crippen LogP contribution in [0.2, 0.25) is 5.02 Å². The van der Waals surface area contributed by atoms with Crippen LogP contribution in [0.3, 0.4) is 0 Å². The number of nitrogens with one attached hydrogen (secondary N) is 1. The third-order valence-corrected chi connectivity index (χ3v) is 4.18. The molecule has 0 saturated carbocycles. The van der Waals surface area contributed by atoms with E-state index in [4.69, 9.17) is 11.6 Å². The normalized spacial score (nSPS) is 11.8. The maximum atomic E-state index is 12.6. The van der Waals surface area contributed by atoms with E-state index in [-0.39, 0.29) is 11.9 Å². The lowest BCUT2D eigenvalue weighted by atomic mass is 9.97. The molecule has 120 valence electrons. The molecule has 0 aromatic heterocycles. The molecule has 3 aromatic carbocycles. The number of benzene rings is 3. The van der Waals surface area contributed by atoms with Crippen molar-refractivity contribution < 1.29 is 4.79 Å². The second kappa shape index (κ2) is 7.33. The minimum absolute atomic E-state index is 0.124. The smallest absolute Gasteiger partial charge is 0.252 e. The number of hydrogen-bond donors (Lipinski definition) is 1. The number of halogens is 1. The van der Waals surface area contributed by atoms with Crippen LogP contribution < -0.4 is 5.32 Å². The number of rotatable bonds is 4. The van der Waals surface area contributed by atoms with Crippen molar-refractivity contribution in [2.75, 3.05) is 0 Å². The number of amides is 1. The van der Waals surface area contributed by atoms with Crippen molar-refractivity contribution >= 4 is 17.5 Å². The predicted molar refractivity (Wildman–Crippen MR) is 98.4 cm³/mol. The zero-order valence-corrected chi connectivity index (χ0v) is 14.1. The summed E-state index contributed by atoms with van der Waals surface area (Å²) in [6.07, 6.45) is 0. The average Bonchev–Trinajstić information content (AvgIpc) is 2.62. The van der Waals surface area contributed by atoms with Gasteiger partial charge in [0, 0.05) is 10.6 Å². The Morgan fingerprint density at radius 3 is 2.04 bits per heavy atom. The van der Waals surface area contributed by atoms with E-state index >= 15 is 0 Å². The van der Waals surface area contributed by atoms with Crippen molar-refractivity contribution in [1.29, 1.82) is 0 Å². The molecule has 1 unspecified atom stereocenters. The molecule has 0 radical (unpaired) electrons. The molecule has 2 nitrogen and oxygen atoms in total. The van der Waals surface area contributed by atoms with Crippen molar-refractivity contribution in [3.63, 3.8) is 0 Å². The lowest BCUT2D eigenvalue weighted by Gasteiger charge is -2.20. The summed E-state index contributed by atoms with van der Waals surface area (Å²) in [6.45, 7) is 2.05. The van der Waals surface area contributed by atoms with E-state index in [0.717, 1.165) is 11.1 Å². The minimum atomic E-state index is -0.199. The summed E-state index contributed by atoms with van der Waals surface area (Å²) in [5, 5.41) is 3.74. The van der Waals surface area contributed by atoms with Gasteiger partial charge in [-0.1, -0.05) is 71.8 Å². The van der Waals surface area contributed by atoms with Gasteiger partial charge in [0.05, 0.1) is 6.04 Å². The van der Waals surface area contributed by atoms with Crippen molar-refractivity contribution in [3.8, 4) is 0 Å². The summed E-state index contributed by atoms with van der Waals surface area (Å²) in [4.78, 5) is 12.6. The van der Waals surface area contributed by atoms with E-state index in [1.54, 1.807) is 24.3 Å². The molecular formula is C21H18ClNO. The van der Waals surface area contributed by atoms with Gasteiger partial charge in [-0.2, -0.15) is 0 Å². The highest BCUT2D eigenvalue weighted by molar-refractivity contribution is 6.30. The van der Waals surface area contributed by atoms with E-state index in [1.807, 2.05) is 37.3 Å². The largest absolute Gasteiger partial charge is 0.341 e. The highest BCUT2D eigenvalue weighted by Crippen LogP contribution is 2.23. The Kier molecular flexibility index (Phi) is 4.97. The topological polar surface area (TPSA) is 29.1 Å². The Hall–Kier alpha value is -2.58. The molecule has 0 aliphatic rings. The fraction of sp³-hybridized carbons (Fsp3) is 0.0952. The second-order valence-electron chi connectivity index (χ2n) is 5.73. The van der Waals surface area contributed by atoms with Gasteiger partial charge in [-0.05, 0) is 42.3 Å². The first-order valence-corrected chi connectivity index (χ1v) is 8.19. The molecule has 3 rings (SSSR count). The summed E-state index contributed by atoms with van der Waals surface area (Å²) < 4.78 is 0. The Balaban J connectivity index is 1.91. The highest BCUT2D eigenvalue weighted by Gasteiger charge is 2.17. The van der Waals surface area contributed by atoms with Crippen LogP contribution in [0.4, 0.5) is 0 Å². The summed E-state index contributed by atoms with van der Waals surface area (Å²) in [7, 11) is 0. The molecule has 0 aliphatic heterocycles. The quantitative estimate of drug-likeness (QED) is 0.700. The third-order valence-electron chi connectivity index (χ3n) is 3.93. The molecule has 0 heterocycles. The summed E-state index contributed by atoms with van der Waals surface area (Å²) in [6, 6.07) is 24.9. The van der Waals surface area contributed by atoms with E-state index in [9.17, 15) is 4.79 Å². The lowest BCUT2D eigenvalue weighted by molar-refractivity contribution is 0.0943. The predicted octanol–water partition coefficient (Wildman–Crippen LogP) is 5.17. The van der Waals surface area contributed by atoms with Crippen LogP contribution in [0, 0.1) is 6.92 Å². The molecule has 3 aromatic rings. The average molecular weight is 336 g/mol. The fourth-order valence-electron chi connectivity index (χ4n) is 2.58. The van der Waals surface area contributed by atoms with E-state index in [2.05, 4.69) is 29.6 Å². The van der Waals surface area contributed by atoms with Crippen LogP contribution in [0.5, 0.6) is 0 Å². The van der Waals surface area contributed by atoms with Crippen LogP contribution in [0.25, 0.3) is 0 Å². The molecule has 0 aliphatic carbocycles. The van der Waals surface area contributed by atoms with Crippen LogP contribution in [0.15, 0.2) is 78.9 Å². The summed E-state index contributed by atoms with van der Waals surface area (Å²) >= 11 is 5.90. The molecule has 0 saturated heterocycles. The Morgan fingerprint density at radius 2 is 1.42 bits per heavy atom. The van der Waals surface area contributed by atoms with E-state index in [0.29, 0.717) is 10.6 Å². The third kappa shape index (κ3) is 3.84. The van der Waals surface area contributed by atoms with Crippen LogP contribution >= 0.6 is 11.6 Å². The Labute approximate surface area is 147 Å². The maximum absolute atomic E-state index is 12.6. The van der Waals surface area contributed by atoms with Gasteiger partial charge in [0.1, 0.15) is 0 Å². The van der Waals surface area contributed by atoms with Gasteiger partial charge >= 0.3 is 0 Å². The molecule has 0 bridgehead atoms. The molecule has 1 amide bonds. The molecule has 24 heavy (non-hydrogen) atoms. The fourth-order valence-corrected chi connectivity index (χ4v) is 2.71. The monoisotopic (exact) mass is 335 g/mol. The Bertz CT molecular complexity index is 811. The van der Waals surface area contributed by atoms with Crippen LogP contribution in [-0.4, -0.2) is 5.91 Å². The van der Waals surface area contributed by atoms with Crippen molar-refractivity contribution in [2.24, 2.45) is 0 Å². The number of aryl methyl sites for hydroxylation is 1. The molecule has 1 N–H and O–H groups in total. The zero-order valence-electron chi connectivity index (χ0n) is 13.4. The van der Waals surface area contributed by atoms with E-state index < -0.39 is 0 Å². The van der Waals surface area contributed by atoms with Crippen molar-refractivity contribution in [2.45, 2.75) is 13.0 Å². The number of carbonyl (C=O) groups is 1. The first-order valence-electron chi connectivity index (χ1n) is 7.81. The van der Waals surface area contributed by atoms with E-state index in [1.165, 1.54) is 5.56 Å². The standard InChI is InChI=1S/C21H18ClNO/c1-15-7-9-17(10-8-15)20(16-5-3-2-4-6-16)23-21(24)18-11-13-19(22)14-12-18/h2-14,20H,1H3,(H,23,24). The molecule has 0 fully saturated rings. The molecular weight excluding hydrogens is 318 g/mol. The van der Waals surface area contributed by atoms with Crippen LogP contribution in [-0.2, 0) is 0 Å². The Morgan fingerprint density at radius 1 is 0.833 bits per heavy atom. The number of hydrogen-bond acceptors (Lipinski definition) is 1. The molecule has 1 atom stereocenters. The van der Waals surface area contributed by atoms with Gasteiger partial charge in [0.25, 0.3) is 5.91 Å². The lowest BCUT2D eigenvalue weighted by Crippen LogP contribution is -2.29. The molecule has 0 spiro atoms. The second-order valence-corrected chi connectivity index (χ2v) is 6.17. The SMILES string of the molecule is Cc1ccc(C(NC(=O)c2ccc(Cl)cc2)c2ccccc2)cc1. The molecule has 3 heteroatoms. The van der Waals surface area contributed by atoms with Gasteiger partial charge < -0.3 is 5.32 Å². The first kappa shape index (κ1) is 16.3. The minimum Gasteiger partial charge on any atom is -0.341 e. The van der Waals surface area contributed by atoms with Crippen LogP contribution in [0.1, 0.15) is 33.1 Å².